The van der Waals surface area contributed by atoms with Gasteiger partial charge < -0.3 is 5.11 Å². The summed E-state index contributed by atoms with van der Waals surface area (Å²) in [6, 6.07) is 4.43. The second kappa shape index (κ2) is 4.53. The van der Waals surface area contributed by atoms with E-state index >= 15 is 0 Å². The molecule has 5 heteroatoms. The van der Waals surface area contributed by atoms with Crippen molar-refractivity contribution in [2.75, 3.05) is 4.90 Å². The number of fused-ring (bicyclic) bond motifs is 1. The Morgan fingerprint density at radius 2 is 1.68 bits per heavy atom. The first kappa shape index (κ1) is 12.5. The summed E-state index contributed by atoms with van der Waals surface area (Å²) in [5, 5.41) is 10.3. The van der Waals surface area contributed by atoms with Gasteiger partial charge in [0, 0.05) is 11.1 Å². The van der Waals surface area contributed by atoms with Crippen LogP contribution in [0.4, 0.5) is 5.69 Å². The molecule has 0 unspecified atom stereocenters. The van der Waals surface area contributed by atoms with E-state index in [0.29, 0.717) is 5.02 Å². The van der Waals surface area contributed by atoms with E-state index in [-0.39, 0.29) is 35.1 Å². The Hall–Kier alpha value is -1.55. The molecule has 0 aromatic heterocycles. The summed E-state index contributed by atoms with van der Waals surface area (Å²) >= 11 is 5.77. The second-order valence-corrected chi connectivity index (χ2v) is 5.58. The number of nitrogens with zero attached hydrogens (tertiary/aromatic N) is 1. The molecule has 1 aliphatic heterocycles. The number of amides is 2. The van der Waals surface area contributed by atoms with Gasteiger partial charge in [-0.1, -0.05) is 24.4 Å². The Morgan fingerprint density at radius 1 is 1.11 bits per heavy atom. The van der Waals surface area contributed by atoms with Crippen molar-refractivity contribution in [2.24, 2.45) is 11.8 Å². The number of phenolic OH excluding ortho intramolecular Hbond substituents is 1. The van der Waals surface area contributed by atoms with Crippen LogP contribution in [0.1, 0.15) is 25.7 Å². The van der Waals surface area contributed by atoms with Crippen molar-refractivity contribution in [3.05, 3.63) is 23.2 Å². The lowest BCUT2D eigenvalue weighted by Crippen LogP contribution is -2.30. The van der Waals surface area contributed by atoms with E-state index in [1.54, 1.807) is 6.07 Å². The van der Waals surface area contributed by atoms with Gasteiger partial charge in [-0.2, -0.15) is 0 Å². The van der Waals surface area contributed by atoms with Gasteiger partial charge in [0.2, 0.25) is 11.8 Å². The lowest BCUT2D eigenvalue weighted by atomic mass is 9.81. The van der Waals surface area contributed by atoms with Crippen LogP contribution >= 0.6 is 11.6 Å². The van der Waals surface area contributed by atoms with Crippen LogP contribution in [0, 0.1) is 11.8 Å². The molecule has 3 rings (SSSR count). The molecule has 2 atom stereocenters. The number of halogens is 1. The summed E-state index contributed by atoms with van der Waals surface area (Å²) < 4.78 is 0. The molecule has 0 radical (unpaired) electrons. The fourth-order valence-electron chi connectivity index (χ4n) is 3.09. The largest absolute Gasteiger partial charge is 0.506 e. The lowest BCUT2D eigenvalue weighted by Gasteiger charge is -2.19. The molecular formula is C14H14ClNO3. The average Bonchev–Trinajstić information content (AvgIpc) is 2.64. The quantitative estimate of drug-likeness (QED) is 0.804. The van der Waals surface area contributed by atoms with Gasteiger partial charge in [-0.15, -0.1) is 0 Å². The molecule has 2 fully saturated rings. The van der Waals surface area contributed by atoms with Crippen LogP contribution in [-0.4, -0.2) is 16.9 Å². The molecule has 2 amide bonds. The topological polar surface area (TPSA) is 57.6 Å². The minimum absolute atomic E-state index is 0.132. The van der Waals surface area contributed by atoms with E-state index in [1.807, 2.05) is 0 Å². The highest BCUT2D eigenvalue weighted by Gasteiger charge is 2.49. The molecule has 1 heterocycles. The number of carbonyl (C=O) groups excluding carboxylic acids is 2. The molecule has 1 saturated carbocycles. The third kappa shape index (κ3) is 1.91. The zero-order valence-corrected chi connectivity index (χ0v) is 11.1. The van der Waals surface area contributed by atoms with Crippen LogP contribution in [-0.2, 0) is 9.59 Å². The fraction of sp³-hybridized carbons (Fsp3) is 0.429. The first-order valence-corrected chi connectivity index (χ1v) is 6.83. The minimum Gasteiger partial charge on any atom is -0.506 e. The van der Waals surface area contributed by atoms with Gasteiger partial charge in [-0.3, -0.25) is 9.59 Å². The summed E-state index contributed by atoms with van der Waals surface area (Å²) in [5.41, 5.74) is 0.244. The number of hydrogen-bond acceptors (Lipinski definition) is 3. The fourth-order valence-corrected chi connectivity index (χ4v) is 3.25. The van der Waals surface area contributed by atoms with Crippen LogP contribution in [0.25, 0.3) is 0 Å². The zero-order valence-electron chi connectivity index (χ0n) is 10.3. The highest BCUT2D eigenvalue weighted by Crippen LogP contribution is 2.42. The summed E-state index contributed by atoms with van der Waals surface area (Å²) in [6.45, 7) is 0. The van der Waals surface area contributed by atoms with Crippen molar-refractivity contribution in [2.45, 2.75) is 25.7 Å². The number of imide groups is 1. The first-order valence-electron chi connectivity index (χ1n) is 6.46. The van der Waals surface area contributed by atoms with E-state index in [0.717, 1.165) is 30.6 Å². The molecule has 1 N–H and O–H groups in total. The maximum atomic E-state index is 12.3. The molecule has 1 aromatic rings. The highest BCUT2D eigenvalue weighted by molar-refractivity contribution is 6.31. The van der Waals surface area contributed by atoms with Gasteiger partial charge in [0.25, 0.3) is 0 Å². The minimum atomic E-state index is -0.212. The Bertz CT molecular complexity index is 534. The SMILES string of the molecule is O=C1[C@H]2CCCC[C@@H]2C(=O)N1c1ccc(Cl)cc1O. The monoisotopic (exact) mass is 279 g/mol. The number of carbonyl (C=O) groups is 2. The maximum Gasteiger partial charge on any atom is 0.237 e. The van der Waals surface area contributed by atoms with Crippen molar-refractivity contribution in [1.29, 1.82) is 0 Å². The van der Waals surface area contributed by atoms with Crippen LogP contribution in [0.2, 0.25) is 5.02 Å². The van der Waals surface area contributed by atoms with Gasteiger partial charge in [0.15, 0.2) is 0 Å². The molecule has 0 bridgehead atoms. The Balaban J connectivity index is 2.00. The predicted octanol–water partition coefficient (Wildman–Crippen LogP) is 2.73. The Morgan fingerprint density at radius 3 is 2.21 bits per heavy atom. The van der Waals surface area contributed by atoms with Crippen molar-refractivity contribution in [1.82, 2.24) is 0 Å². The van der Waals surface area contributed by atoms with E-state index in [1.165, 1.54) is 12.1 Å². The number of hydrogen-bond donors (Lipinski definition) is 1. The first-order chi connectivity index (χ1) is 9.09. The summed E-state index contributed by atoms with van der Waals surface area (Å²) in [5.74, 6) is -0.930. The number of rotatable bonds is 1. The Kier molecular flexibility index (Phi) is 2.97. The molecule has 4 nitrogen and oxygen atoms in total. The number of aromatic hydroxyl groups is 1. The lowest BCUT2D eigenvalue weighted by molar-refractivity contribution is -0.122. The molecule has 1 aromatic carbocycles. The molecule has 100 valence electrons. The van der Waals surface area contributed by atoms with Gasteiger partial charge in [0.1, 0.15) is 5.75 Å². The Labute approximate surface area is 116 Å². The number of phenols is 1. The van der Waals surface area contributed by atoms with E-state index < -0.39 is 0 Å². The summed E-state index contributed by atoms with van der Waals surface area (Å²) in [7, 11) is 0. The van der Waals surface area contributed by atoms with Crippen LogP contribution in [0.3, 0.4) is 0 Å². The van der Waals surface area contributed by atoms with E-state index in [9.17, 15) is 14.7 Å². The van der Waals surface area contributed by atoms with Crippen LogP contribution in [0.15, 0.2) is 18.2 Å². The maximum absolute atomic E-state index is 12.3. The molecule has 0 spiro atoms. The van der Waals surface area contributed by atoms with Gasteiger partial charge in [-0.25, -0.2) is 4.90 Å². The van der Waals surface area contributed by atoms with Crippen LogP contribution < -0.4 is 4.90 Å². The zero-order chi connectivity index (χ0) is 13.6. The standard InChI is InChI=1S/C14H14ClNO3/c15-8-5-6-11(12(17)7-8)16-13(18)9-3-1-2-4-10(9)14(16)19/h5-7,9-10,17H,1-4H2/t9-,10-/m0/s1. The summed E-state index contributed by atoms with van der Waals surface area (Å²) in [4.78, 5) is 25.8. The second-order valence-electron chi connectivity index (χ2n) is 5.14. The van der Waals surface area contributed by atoms with Crippen molar-refractivity contribution < 1.29 is 14.7 Å². The van der Waals surface area contributed by atoms with Crippen molar-refractivity contribution in [3.63, 3.8) is 0 Å². The number of benzene rings is 1. The van der Waals surface area contributed by atoms with Crippen molar-refractivity contribution in [3.8, 4) is 5.75 Å². The molecular weight excluding hydrogens is 266 g/mol. The predicted molar refractivity (Wildman–Crippen MR) is 71.1 cm³/mol. The molecule has 19 heavy (non-hydrogen) atoms. The van der Waals surface area contributed by atoms with Gasteiger partial charge in [0.05, 0.1) is 17.5 Å². The van der Waals surface area contributed by atoms with Crippen LogP contribution in [0.5, 0.6) is 5.75 Å². The van der Waals surface area contributed by atoms with Gasteiger partial charge >= 0.3 is 0 Å². The van der Waals surface area contributed by atoms with E-state index in [4.69, 9.17) is 11.6 Å². The summed E-state index contributed by atoms with van der Waals surface area (Å²) in [6.07, 6.45) is 3.50. The average molecular weight is 280 g/mol. The smallest absolute Gasteiger partial charge is 0.237 e. The third-order valence-corrected chi connectivity index (χ3v) is 4.25. The third-order valence-electron chi connectivity index (χ3n) is 4.02. The number of anilines is 1. The van der Waals surface area contributed by atoms with Crippen molar-refractivity contribution >= 4 is 29.1 Å². The molecule has 2 aliphatic rings. The van der Waals surface area contributed by atoms with Gasteiger partial charge in [-0.05, 0) is 25.0 Å². The highest BCUT2D eigenvalue weighted by atomic mass is 35.5. The molecule has 1 aliphatic carbocycles. The molecule has 1 saturated heterocycles. The normalized spacial score (nSPS) is 26.7. The van der Waals surface area contributed by atoms with E-state index in [2.05, 4.69) is 0 Å².